The normalized spacial score (nSPS) is 41.7. The maximum Gasteiger partial charge on any atom is 0.309 e. The smallest absolute Gasteiger partial charge is 0.309 e. The zero-order chi connectivity index (χ0) is 13.9. The van der Waals surface area contributed by atoms with Crippen molar-refractivity contribution in [2.24, 2.45) is 17.8 Å². The van der Waals surface area contributed by atoms with Gasteiger partial charge in [-0.2, -0.15) is 0 Å². The summed E-state index contributed by atoms with van der Waals surface area (Å²) in [5, 5.41) is 10.3. The summed E-state index contributed by atoms with van der Waals surface area (Å²) in [5.74, 6) is -0.957. The Bertz CT molecular complexity index is 528. The third-order valence-corrected chi connectivity index (χ3v) is 4.75. The lowest BCUT2D eigenvalue weighted by atomic mass is 9.80. The van der Waals surface area contributed by atoms with Gasteiger partial charge in [0.05, 0.1) is 12.0 Å². The number of ether oxygens (including phenoxy) is 1. The van der Waals surface area contributed by atoms with Gasteiger partial charge in [-0.15, -0.1) is 0 Å². The minimum atomic E-state index is -0.620. The van der Waals surface area contributed by atoms with Crippen molar-refractivity contribution in [3.63, 3.8) is 0 Å². The highest BCUT2D eigenvalue weighted by atomic mass is 16.6. The van der Waals surface area contributed by atoms with E-state index in [1.165, 1.54) is 0 Å². The van der Waals surface area contributed by atoms with E-state index in [1.54, 1.807) is 13.0 Å². The maximum atomic E-state index is 12.1. The standard InChI is InChI=1S/C15H18O4/c1-6-4-10(17)13-8(3)15(18)19-14(13)12-7(2)5-9(16)11(6)12/h5,8,10,12-14,17H,4H2,1-3H3/t8-,10-,12+,13+,14-/m0/s1. The minimum absolute atomic E-state index is 0.00320. The Morgan fingerprint density at radius 2 is 2.00 bits per heavy atom. The van der Waals surface area contributed by atoms with E-state index in [4.69, 9.17) is 4.74 Å². The predicted octanol–water partition coefficient (Wildman–Crippen LogP) is 1.39. The number of hydrogen-bond donors (Lipinski definition) is 1. The monoisotopic (exact) mass is 262 g/mol. The molecule has 0 bridgehead atoms. The van der Waals surface area contributed by atoms with Crippen molar-refractivity contribution < 1.29 is 19.4 Å². The molecule has 0 aromatic rings. The molecule has 0 radical (unpaired) electrons. The van der Waals surface area contributed by atoms with E-state index in [-0.39, 0.29) is 29.5 Å². The lowest BCUT2D eigenvalue weighted by molar-refractivity contribution is -0.144. The largest absolute Gasteiger partial charge is 0.461 e. The average molecular weight is 262 g/mol. The molecule has 1 fully saturated rings. The Balaban J connectivity index is 2.11. The molecule has 102 valence electrons. The summed E-state index contributed by atoms with van der Waals surface area (Å²) >= 11 is 0. The van der Waals surface area contributed by atoms with Crippen molar-refractivity contribution in [3.8, 4) is 0 Å². The van der Waals surface area contributed by atoms with E-state index < -0.39 is 12.2 Å². The van der Waals surface area contributed by atoms with Crippen LogP contribution >= 0.6 is 0 Å². The van der Waals surface area contributed by atoms with Gasteiger partial charge in [-0.25, -0.2) is 0 Å². The highest BCUT2D eigenvalue weighted by Crippen LogP contribution is 2.47. The molecule has 1 saturated heterocycles. The van der Waals surface area contributed by atoms with Crippen LogP contribution in [0.1, 0.15) is 27.2 Å². The number of allylic oxidation sites excluding steroid dienone is 1. The molecule has 1 heterocycles. The molecule has 1 N–H and O–H groups in total. The summed E-state index contributed by atoms with van der Waals surface area (Å²) in [4.78, 5) is 23.9. The molecule has 3 aliphatic rings. The zero-order valence-corrected chi connectivity index (χ0v) is 11.3. The molecule has 1 aliphatic heterocycles. The molecular formula is C15H18O4. The van der Waals surface area contributed by atoms with Gasteiger partial charge in [0, 0.05) is 17.4 Å². The number of ketones is 1. The first-order valence-corrected chi connectivity index (χ1v) is 6.72. The Kier molecular flexibility index (Phi) is 2.68. The fraction of sp³-hybridized carbons (Fsp3) is 0.600. The maximum absolute atomic E-state index is 12.1. The van der Waals surface area contributed by atoms with Gasteiger partial charge in [-0.05, 0) is 26.3 Å². The van der Waals surface area contributed by atoms with Gasteiger partial charge in [0.15, 0.2) is 5.78 Å². The van der Waals surface area contributed by atoms with Crippen molar-refractivity contribution >= 4 is 11.8 Å². The molecule has 0 spiro atoms. The quantitative estimate of drug-likeness (QED) is 0.670. The second kappa shape index (κ2) is 4.04. The molecule has 0 aromatic heterocycles. The van der Waals surface area contributed by atoms with Gasteiger partial charge in [-0.3, -0.25) is 9.59 Å². The molecule has 0 unspecified atom stereocenters. The van der Waals surface area contributed by atoms with E-state index in [0.29, 0.717) is 6.42 Å². The fourth-order valence-electron chi connectivity index (χ4n) is 3.82. The molecule has 4 nitrogen and oxygen atoms in total. The van der Waals surface area contributed by atoms with Crippen LogP contribution in [0.3, 0.4) is 0 Å². The number of fused-ring (bicyclic) bond motifs is 3. The first kappa shape index (κ1) is 12.6. The summed E-state index contributed by atoms with van der Waals surface area (Å²) in [6, 6.07) is 0. The number of rotatable bonds is 0. The number of carbonyl (C=O) groups is 2. The lowest BCUT2D eigenvalue weighted by Gasteiger charge is -2.26. The Hall–Kier alpha value is -1.42. The van der Waals surface area contributed by atoms with Crippen molar-refractivity contribution in [2.75, 3.05) is 0 Å². The van der Waals surface area contributed by atoms with Gasteiger partial charge in [0.1, 0.15) is 6.10 Å². The summed E-state index contributed by atoms with van der Waals surface area (Å²) in [6.07, 6.45) is 1.06. The van der Waals surface area contributed by atoms with Crippen LogP contribution in [0, 0.1) is 17.8 Å². The van der Waals surface area contributed by atoms with Gasteiger partial charge in [-0.1, -0.05) is 18.1 Å². The highest BCUT2D eigenvalue weighted by molar-refractivity contribution is 6.09. The molecule has 0 amide bonds. The summed E-state index contributed by atoms with van der Waals surface area (Å²) in [7, 11) is 0. The third kappa shape index (κ3) is 1.62. The van der Waals surface area contributed by atoms with Crippen LogP contribution in [-0.4, -0.2) is 29.1 Å². The van der Waals surface area contributed by atoms with Crippen LogP contribution in [0.25, 0.3) is 0 Å². The van der Waals surface area contributed by atoms with Crippen LogP contribution in [0.2, 0.25) is 0 Å². The van der Waals surface area contributed by atoms with Gasteiger partial charge < -0.3 is 9.84 Å². The Labute approximate surface area is 112 Å². The Morgan fingerprint density at radius 1 is 1.32 bits per heavy atom. The van der Waals surface area contributed by atoms with Gasteiger partial charge in [0.25, 0.3) is 0 Å². The molecule has 19 heavy (non-hydrogen) atoms. The van der Waals surface area contributed by atoms with Crippen LogP contribution in [-0.2, 0) is 14.3 Å². The molecule has 5 atom stereocenters. The Morgan fingerprint density at radius 3 is 2.68 bits per heavy atom. The number of aliphatic hydroxyl groups is 1. The SMILES string of the molecule is CC1=CC(=O)C2=C(C)C[C@H](O)[C@@H]3[C@@H](OC(=O)[C@H]3C)[C@H]12. The third-order valence-electron chi connectivity index (χ3n) is 4.75. The first-order valence-electron chi connectivity index (χ1n) is 6.72. The zero-order valence-electron chi connectivity index (χ0n) is 11.3. The molecule has 0 aromatic carbocycles. The van der Waals surface area contributed by atoms with Crippen LogP contribution in [0.5, 0.6) is 0 Å². The topological polar surface area (TPSA) is 63.6 Å². The van der Waals surface area contributed by atoms with Crippen LogP contribution in [0.15, 0.2) is 22.8 Å². The van der Waals surface area contributed by atoms with E-state index >= 15 is 0 Å². The van der Waals surface area contributed by atoms with E-state index in [0.717, 1.165) is 16.7 Å². The second-order valence-corrected chi connectivity index (χ2v) is 5.96. The first-order chi connectivity index (χ1) is 8.91. The van der Waals surface area contributed by atoms with Crippen LogP contribution in [0.4, 0.5) is 0 Å². The number of esters is 1. The molecule has 0 saturated carbocycles. The van der Waals surface area contributed by atoms with Crippen molar-refractivity contribution in [1.82, 2.24) is 0 Å². The molecular weight excluding hydrogens is 244 g/mol. The van der Waals surface area contributed by atoms with E-state index in [9.17, 15) is 14.7 Å². The number of carbonyl (C=O) groups excluding carboxylic acids is 2. The van der Waals surface area contributed by atoms with E-state index in [1.807, 2.05) is 13.8 Å². The van der Waals surface area contributed by atoms with Gasteiger partial charge >= 0.3 is 5.97 Å². The van der Waals surface area contributed by atoms with Crippen LogP contribution < -0.4 is 0 Å². The van der Waals surface area contributed by atoms with E-state index in [2.05, 4.69) is 0 Å². The predicted molar refractivity (Wildman–Crippen MR) is 68.1 cm³/mol. The minimum Gasteiger partial charge on any atom is -0.461 e. The summed E-state index contributed by atoms with van der Waals surface area (Å²) in [6.45, 7) is 5.59. The molecule has 4 heteroatoms. The second-order valence-electron chi connectivity index (χ2n) is 5.96. The molecule has 2 aliphatic carbocycles. The summed E-state index contributed by atoms with van der Waals surface area (Å²) < 4.78 is 5.48. The van der Waals surface area contributed by atoms with Crippen molar-refractivity contribution in [3.05, 3.63) is 22.8 Å². The highest BCUT2D eigenvalue weighted by Gasteiger charge is 2.53. The number of aliphatic hydroxyl groups excluding tert-OH is 1. The molecule has 3 rings (SSSR count). The van der Waals surface area contributed by atoms with Crippen molar-refractivity contribution in [2.45, 2.75) is 39.4 Å². The lowest BCUT2D eigenvalue weighted by Crippen LogP contribution is -2.35. The fourth-order valence-corrected chi connectivity index (χ4v) is 3.82. The summed E-state index contributed by atoms with van der Waals surface area (Å²) in [5.41, 5.74) is 2.59. The average Bonchev–Trinajstić information content (AvgIpc) is 2.72. The number of hydrogen-bond acceptors (Lipinski definition) is 4. The van der Waals surface area contributed by atoms with Gasteiger partial charge in [0.2, 0.25) is 0 Å². The van der Waals surface area contributed by atoms with Crippen molar-refractivity contribution in [1.29, 1.82) is 0 Å².